The summed E-state index contributed by atoms with van der Waals surface area (Å²) in [4.78, 5) is 29.8. The summed E-state index contributed by atoms with van der Waals surface area (Å²) < 4.78 is 0. The van der Waals surface area contributed by atoms with Crippen molar-refractivity contribution in [2.45, 2.75) is 63.1 Å². The lowest BCUT2D eigenvalue weighted by Crippen LogP contribution is -2.59. The van der Waals surface area contributed by atoms with E-state index in [4.69, 9.17) is 0 Å². The van der Waals surface area contributed by atoms with Crippen LogP contribution in [0.5, 0.6) is 0 Å². The Morgan fingerprint density at radius 2 is 1.86 bits per heavy atom. The Hall–Kier alpha value is -1.10. The fraction of sp³-hybridized carbons (Fsp3) is 0.875. The highest BCUT2D eigenvalue weighted by atomic mass is 16.2. The van der Waals surface area contributed by atoms with Crippen molar-refractivity contribution in [3.63, 3.8) is 0 Å². The lowest BCUT2D eigenvalue weighted by molar-refractivity contribution is -0.141. The molecule has 5 heteroatoms. The molecule has 0 spiro atoms. The van der Waals surface area contributed by atoms with Crippen LogP contribution in [0.2, 0.25) is 0 Å². The van der Waals surface area contributed by atoms with E-state index >= 15 is 0 Å². The van der Waals surface area contributed by atoms with Gasteiger partial charge in [0, 0.05) is 31.6 Å². The predicted octanol–water partition coefficient (Wildman–Crippen LogP) is 0.740. The quantitative estimate of drug-likeness (QED) is 0.816. The maximum Gasteiger partial charge on any atom is 0.248 e. The number of carbonyl (C=O) groups is 2. The number of fused-ring (bicyclic) bond motifs is 1. The van der Waals surface area contributed by atoms with Crippen molar-refractivity contribution in [2.24, 2.45) is 5.92 Å². The first kappa shape index (κ1) is 13.6. The first-order valence-corrected chi connectivity index (χ1v) is 8.46. The van der Waals surface area contributed by atoms with Gasteiger partial charge in [-0.05, 0) is 51.5 Å². The van der Waals surface area contributed by atoms with Gasteiger partial charge in [-0.2, -0.15) is 0 Å². The molecule has 5 nitrogen and oxygen atoms in total. The van der Waals surface area contributed by atoms with E-state index in [-0.39, 0.29) is 11.8 Å². The molecule has 0 radical (unpaired) electrons. The van der Waals surface area contributed by atoms with Crippen LogP contribution in [0.4, 0.5) is 0 Å². The van der Waals surface area contributed by atoms with Gasteiger partial charge in [0.15, 0.2) is 0 Å². The highest BCUT2D eigenvalue weighted by molar-refractivity contribution is 5.94. The molecule has 3 atom stereocenters. The Bertz CT molecular complexity index is 476. The first-order chi connectivity index (χ1) is 10.1. The molecule has 2 amide bonds. The summed E-state index contributed by atoms with van der Waals surface area (Å²) in [5.74, 6) is 0.562. The Kier molecular flexibility index (Phi) is 3.03. The predicted molar refractivity (Wildman–Crippen MR) is 78.6 cm³/mol. The van der Waals surface area contributed by atoms with Crippen LogP contribution < -0.4 is 5.32 Å². The van der Waals surface area contributed by atoms with E-state index in [1.165, 1.54) is 19.4 Å². The lowest BCUT2D eigenvalue weighted by Gasteiger charge is -2.37. The van der Waals surface area contributed by atoms with Gasteiger partial charge in [-0.25, -0.2) is 0 Å². The minimum absolute atomic E-state index is 0.0431. The highest BCUT2D eigenvalue weighted by Gasteiger charge is 2.53. The van der Waals surface area contributed by atoms with Crippen molar-refractivity contribution in [1.29, 1.82) is 0 Å². The van der Waals surface area contributed by atoms with Crippen molar-refractivity contribution >= 4 is 11.8 Å². The maximum absolute atomic E-state index is 13.2. The molecule has 4 aliphatic rings. The van der Waals surface area contributed by atoms with Crippen LogP contribution in [0, 0.1) is 5.92 Å². The monoisotopic (exact) mass is 291 g/mol. The standard InChI is InChI=1S/C16H25N3O2/c1-16(11-4-5-11)15(21)19(10-7-14(20)17-16)13-6-9-18-8-2-3-12(13)18/h11-13H,2-10H2,1H3,(H,17,20). The van der Waals surface area contributed by atoms with Crippen LogP contribution in [0.25, 0.3) is 0 Å². The summed E-state index contributed by atoms with van der Waals surface area (Å²) in [5, 5.41) is 3.04. The molecule has 0 aromatic carbocycles. The molecular weight excluding hydrogens is 266 g/mol. The number of hydrogen-bond donors (Lipinski definition) is 1. The Balaban J connectivity index is 1.61. The zero-order valence-corrected chi connectivity index (χ0v) is 12.8. The largest absolute Gasteiger partial charge is 0.342 e. The lowest BCUT2D eigenvalue weighted by atomic mass is 9.92. The number of hydrogen-bond acceptors (Lipinski definition) is 3. The molecule has 3 heterocycles. The number of nitrogens with zero attached hydrogens (tertiary/aromatic N) is 2. The third-order valence-corrected chi connectivity index (χ3v) is 6.05. The molecule has 0 aromatic heterocycles. The molecule has 4 rings (SSSR count). The molecule has 116 valence electrons. The fourth-order valence-electron chi connectivity index (χ4n) is 4.70. The Morgan fingerprint density at radius 3 is 2.62 bits per heavy atom. The molecule has 0 bridgehead atoms. The van der Waals surface area contributed by atoms with Gasteiger partial charge in [-0.1, -0.05) is 0 Å². The van der Waals surface area contributed by atoms with Gasteiger partial charge in [-0.15, -0.1) is 0 Å². The normalized spacial score (nSPS) is 41.1. The Morgan fingerprint density at radius 1 is 1.05 bits per heavy atom. The highest BCUT2D eigenvalue weighted by Crippen LogP contribution is 2.42. The van der Waals surface area contributed by atoms with E-state index in [0.717, 1.165) is 25.8 Å². The molecule has 1 saturated carbocycles. The van der Waals surface area contributed by atoms with Crippen LogP contribution in [0.3, 0.4) is 0 Å². The zero-order chi connectivity index (χ0) is 14.6. The van der Waals surface area contributed by atoms with Crippen LogP contribution in [0.1, 0.15) is 45.4 Å². The second kappa shape index (κ2) is 4.70. The molecule has 4 fully saturated rings. The summed E-state index contributed by atoms with van der Waals surface area (Å²) in [6.45, 7) is 4.84. The maximum atomic E-state index is 13.2. The molecule has 3 saturated heterocycles. The first-order valence-electron chi connectivity index (χ1n) is 8.46. The third kappa shape index (κ3) is 2.08. The van der Waals surface area contributed by atoms with Crippen LogP contribution >= 0.6 is 0 Å². The SMILES string of the molecule is CC1(C2CC2)NC(=O)CCN(C2CCN3CCCC23)C1=O. The van der Waals surface area contributed by atoms with Gasteiger partial charge in [0.25, 0.3) is 0 Å². The number of carbonyl (C=O) groups excluding carboxylic acids is 2. The van der Waals surface area contributed by atoms with Crippen molar-refractivity contribution in [2.75, 3.05) is 19.6 Å². The number of rotatable bonds is 2. The van der Waals surface area contributed by atoms with Gasteiger partial charge in [0.2, 0.25) is 11.8 Å². The van der Waals surface area contributed by atoms with Crippen LogP contribution in [0.15, 0.2) is 0 Å². The summed E-state index contributed by atoms with van der Waals surface area (Å²) in [6.07, 6.45) is 6.12. The van der Waals surface area contributed by atoms with E-state index in [1.54, 1.807) is 0 Å². The Labute approximate surface area is 126 Å². The molecule has 3 unspecified atom stereocenters. The van der Waals surface area contributed by atoms with Gasteiger partial charge < -0.3 is 10.2 Å². The molecule has 21 heavy (non-hydrogen) atoms. The van der Waals surface area contributed by atoms with Crippen LogP contribution in [-0.4, -0.2) is 58.9 Å². The minimum Gasteiger partial charge on any atom is -0.342 e. The number of amides is 2. The third-order valence-electron chi connectivity index (χ3n) is 6.05. The molecular formula is C16H25N3O2. The van der Waals surface area contributed by atoms with Gasteiger partial charge in [-0.3, -0.25) is 14.5 Å². The van der Waals surface area contributed by atoms with E-state index in [0.29, 0.717) is 31.0 Å². The molecule has 0 aromatic rings. The van der Waals surface area contributed by atoms with Gasteiger partial charge in [0.1, 0.15) is 5.54 Å². The molecule has 1 aliphatic carbocycles. The van der Waals surface area contributed by atoms with E-state index < -0.39 is 5.54 Å². The zero-order valence-electron chi connectivity index (χ0n) is 12.8. The number of nitrogens with one attached hydrogen (secondary N) is 1. The van der Waals surface area contributed by atoms with Crippen molar-refractivity contribution in [3.8, 4) is 0 Å². The van der Waals surface area contributed by atoms with Crippen molar-refractivity contribution in [1.82, 2.24) is 15.1 Å². The van der Waals surface area contributed by atoms with Gasteiger partial charge >= 0.3 is 0 Å². The minimum atomic E-state index is -0.653. The summed E-state index contributed by atoms with van der Waals surface area (Å²) in [5.41, 5.74) is -0.653. The summed E-state index contributed by atoms with van der Waals surface area (Å²) in [6, 6.07) is 0.858. The topological polar surface area (TPSA) is 52.7 Å². The second-order valence-corrected chi connectivity index (χ2v) is 7.37. The average Bonchev–Trinajstić information content (AvgIpc) is 3.11. The van der Waals surface area contributed by atoms with Gasteiger partial charge in [0.05, 0.1) is 0 Å². The molecule has 3 aliphatic heterocycles. The second-order valence-electron chi connectivity index (χ2n) is 7.37. The van der Waals surface area contributed by atoms with Crippen LogP contribution in [-0.2, 0) is 9.59 Å². The van der Waals surface area contributed by atoms with E-state index in [2.05, 4.69) is 15.1 Å². The summed E-state index contributed by atoms with van der Waals surface area (Å²) >= 11 is 0. The average molecular weight is 291 g/mol. The van der Waals surface area contributed by atoms with E-state index in [9.17, 15) is 9.59 Å². The smallest absolute Gasteiger partial charge is 0.248 e. The van der Waals surface area contributed by atoms with Crippen molar-refractivity contribution in [3.05, 3.63) is 0 Å². The van der Waals surface area contributed by atoms with Crippen molar-refractivity contribution < 1.29 is 9.59 Å². The fourth-order valence-corrected chi connectivity index (χ4v) is 4.70. The van der Waals surface area contributed by atoms with E-state index in [1.807, 2.05) is 6.92 Å². The summed E-state index contributed by atoms with van der Waals surface area (Å²) in [7, 11) is 0. The molecule has 1 N–H and O–H groups in total.